The zero-order chi connectivity index (χ0) is 19.3. The van der Waals surface area contributed by atoms with Crippen molar-refractivity contribution < 1.29 is 50.5 Å². The molecule has 6 nitrogen and oxygen atoms in total. The second kappa shape index (κ2) is 7.69. The molecule has 0 aliphatic heterocycles. The van der Waals surface area contributed by atoms with E-state index in [9.17, 15) is 36.3 Å². The minimum atomic E-state index is -5.77. The van der Waals surface area contributed by atoms with Crippen LogP contribution in [0, 0.1) is 0 Å². The number of hydrogen-bond donors (Lipinski definition) is 0. The Labute approximate surface area is 133 Å². The molecule has 0 bridgehead atoms. The summed E-state index contributed by atoms with van der Waals surface area (Å²) in [6.45, 7) is 2.06. The van der Waals surface area contributed by atoms with Gasteiger partial charge in [-0.15, -0.1) is 0 Å². The SMILES string of the molecule is C=C(C)C(=O)OC(OCC(C)(F)F)(C(=O)OCC(C)=O)C(F)(F)F. The summed E-state index contributed by atoms with van der Waals surface area (Å²) in [5.74, 6) is -13.2. The van der Waals surface area contributed by atoms with Gasteiger partial charge in [-0.05, 0) is 13.8 Å². The molecule has 0 amide bonds. The average Bonchev–Trinajstić information content (AvgIpc) is 2.37. The first-order chi connectivity index (χ1) is 10.6. The van der Waals surface area contributed by atoms with Crippen LogP contribution in [0.2, 0.25) is 0 Å². The van der Waals surface area contributed by atoms with E-state index >= 15 is 0 Å². The highest BCUT2D eigenvalue weighted by Crippen LogP contribution is 2.38. The largest absolute Gasteiger partial charge is 0.468 e. The Bertz CT molecular complexity index is 522. The van der Waals surface area contributed by atoms with Gasteiger partial charge in [-0.3, -0.25) is 4.79 Å². The summed E-state index contributed by atoms with van der Waals surface area (Å²) >= 11 is 0. The topological polar surface area (TPSA) is 78.9 Å². The van der Waals surface area contributed by atoms with Crippen LogP contribution in [0.25, 0.3) is 0 Å². The van der Waals surface area contributed by atoms with Gasteiger partial charge in [0.25, 0.3) is 5.92 Å². The summed E-state index contributed by atoms with van der Waals surface area (Å²) in [6.07, 6.45) is -5.77. The number of ketones is 1. The summed E-state index contributed by atoms with van der Waals surface area (Å²) in [7, 11) is 0. The Morgan fingerprint density at radius 2 is 1.54 bits per heavy atom. The van der Waals surface area contributed by atoms with E-state index in [1.54, 1.807) is 0 Å². The quantitative estimate of drug-likeness (QED) is 0.285. The standard InChI is InChI=1S/C13H15F5O6/c1-7(2)9(20)24-12(13(16,17)18,23-6-11(4,14)15)10(21)22-5-8(3)19/h1,5-6H2,2-4H3. The van der Waals surface area contributed by atoms with Crippen LogP contribution in [0.1, 0.15) is 20.8 Å². The third-order valence-electron chi connectivity index (χ3n) is 2.16. The van der Waals surface area contributed by atoms with Gasteiger partial charge in [-0.2, -0.15) is 13.2 Å². The van der Waals surface area contributed by atoms with E-state index in [0.717, 1.165) is 13.8 Å². The van der Waals surface area contributed by atoms with Gasteiger partial charge in [0.15, 0.2) is 5.78 Å². The molecule has 0 aliphatic rings. The molecule has 0 saturated carbocycles. The van der Waals surface area contributed by atoms with Gasteiger partial charge in [-0.1, -0.05) is 6.58 Å². The molecule has 0 N–H and O–H groups in total. The number of alkyl halides is 5. The number of rotatable bonds is 8. The molecule has 0 fully saturated rings. The molecule has 0 aromatic carbocycles. The third-order valence-corrected chi connectivity index (χ3v) is 2.16. The predicted octanol–water partition coefficient (Wildman–Crippen LogP) is 2.17. The summed E-state index contributed by atoms with van der Waals surface area (Å²) in [5, 5.41) is 0. The van der Waals surface area contributed by atoms with Crippen molar-refractivity contribution in [2.75, 3.05) is 13.2 Å². The Morgan fingerprint density at radius 1 is 1.04 bits per heavy atom. The van der Waals surface area contributed by atoms with Gasteiger partial charge in [0.2, 0.25) is 0 Å². The van der Waals surface area contributed by atoms with E-state index in [-0.39, 0.29) is 6.92 Å². The van der Waals surface area contributed by atoms with Crippen molar-refractivity contribution in [1.82, 2.24) is 0 Å². The maximum Gasteiger partial charge on any atom is 0.468 e. The second-order valence-electron chi connectivity index (χ2n) is 4.92. The van der Waals surface area contributed by atoms with Crippen LogP contribution in [-0.4, -0.2) is 48.8 Å². The van der Waals surface area contributed by atoms with Crippen molar-refractivity contribution >= 4 is 17.7 Å². The lowest BCUT2D eigenvalue weighted by molar-refractivity contribution is -0.362. The van der Waals surface area contributed by atoms with Crippen LogP contribution < -0.4 is 0 Å². The van der Waals surface area contributed by atoms with Crippen molar-refractivity contribution in [1.29, 1.82) is 0 Å². The van der Waals surface area contributed by atoms with Crippen LogP contribution in [0.4, 0.5) is 22.0 Å². The second-order valence-corrected chi connectivity index (χ2v) is 4.92. The lowest BCUT2D eigenvalue weighted by Crippen LogP contribution is -2.59. The zero-order valence-corrected chi connectivity index (χ0v) is 13.0. The number of ether oxygens (including phenoxy) is 3. The van der Waals surface area contributed by atoms with E-state index in [2.05, 4.69) is 20.8 Å². The van der Waals surface area contributed by atoms with Crippen molar-refractivity contribution in [2.45, 2.75) is 38.7 Å². The highest BCUT2D eigenvalue weighted by Gasteiger charge is 2.68. The number of carbonyl (C=O) groups is 3. The molecule has 11 heteroatoms. The molecule has 0 rings (SSSR count). The average molecular weight is 362 g/mol. The van der Waals surface area contributed by atoms with Gasteiger partial charge < -0.3 is 14.2 Å². The molecule has 1 unspecified atom stereocenters. The Kier molecular flexibility index (Phi) is 7.03. The fourth-order valence-electron chi connectivity index (χ4n) is 1.09. The Balaban J connectivity index is 5.84. The number of hydrogen-bond acceptors (Lipinski definition) is 6. The Hall–Kier alpha value is -2.04. The fourth-order valence-corrected chi connectivity index (χ4v) is 1.09. The normalized spacial score (nSPS) is 14.5. The lowest BCUT2D eigenvalue weighted by Gasteiger charge is -2.32. The van der Waals surface area contributed by atoms with Crippen molar-refractivity contribution in [2.24, 2.45) is 0 Å². The molecular formula is C13H15F5O6. The van der Waals surface area contributed by atoms with Crippen molar-refractivity contribution in [3.8, 4) is 0 Å². The van der Waals surface area contributed by atoms with Gasteiger partial charge in [0.05, 0.1) is 0 Å². The molecule has 0 aromatic heterocycles. The molecule has 0 aromatic rings. The van der Waals surface area contributed by atoms with Crippen molar-refractivity contribution in [3.05, 3.63) is 12.2 Å². The van der Waals surface area contributed by atoms with Crippen LogP contribution in [-0.2, 0) is 28.6 Å². The molecule has 0 aliphatic carbocycles. The molecule has 0 saturated heterocycles. The fraction of sp³-hybridized carbons (Fsp3) is 0.615. The van der Waals surface area contributed by atoms with E-state index in [1.165, 1.54) is 0 Å². The van der Waals surface area contributed by atoms with E-state index < -0.39 is 54.4 Å². The third kappa shape index (κ3) is 6.22. The maximum absolute atomic E-state index is 13.3. The minimum Gasteiger partial charge on any atom is -0.453 e. The summed E-state index contributed by atoms with van der Waals surface area (Å²) in [5.41, 5.74) is -0.560. The van der Waals surface area contributed by atoms with E-state index in [1.807, 2.05) is 0 Å². The van der Waals surface area contributed by atoms with Crippen LogP contribution in [0.15, 0.2) is 12.2 Å². The molecular weight excluding hydrogens is 347 g/mol. The van der Waals surface area contributed by atoms with Gasteiger partial charge in [-0.25, -0.2) is 18.4 Å². The first kappa shape index (κ1) is 22.0. The first-order valence-corrected chi connectivity index (χ1v) is 6.26. The van der Waals surface area contributed by atoms with Crippen molar-refractivity contribution in [3.63, 3.8) is 0 Å². The molecule has 1 atom stereocenters. The number of Topliss-reactive ketones (excluding diaryl/α,β-unsaturated/α-hetero) is 1. The minimum absolute atomic E-state index is 0.218. The zero-order valence-electron chi connectivity index (χ0n) is 13.0. The molecule has 0 radical (unpaired) electrons. The molecule has 0 heterocycles. The smallest absolute Gasteiger partial charge is 0.453 e. The summed E-state index contributed by atoms with van der Waals surface area (Å²) in [4.78, 5) is 33.9. The first-order valence-electron chi connectivity index (χ1n) is 6.26. The van der Waals surface area contributed by atoms with E-state index in [4.69, 9.17) is 0 Å². The van der Waals surface area contributed by atoms with Crippen LogP contribution in [0.5, 0.6) is 0 Å². The van der Waals surface area contributed by atoms with Crippen LogP contribution in [0.3, 0.4) is 0 Å². The molecule has 0 spiro atoms. The van der Waals surface area contributed by atoms with Gasteiger partial charge in [0, 0.05) is 12.5 Å². The Morgan fingerprint density at radius 3 is 1.88 bits per heavy atom. The predicted molar refractivity (Wildman–Crippen MR) is 67.9 cm³/mol. The highest BCUT2D eigenvalue weighted by atomic mass is 19.4. The van der Waals surface area contributed by atoms with Gasteiger partial charge in [0.1, 0.15) is 13.2 Å². The molecule has 24 heavy (non-hydrogen) atoms. The number of halogens is 5. The maximum atomic E-state index is 13.3. The summed E-state index contributed by atoms with van der Waals surface area (Å²) in [6, 6.07) is 0. The summed E-state index contributed by atoms with van der Waals surface area (Å²) < 4.78 is 77.5. The lowest BCUT2D eigenvalue weighted by atomic mass is 10.2. The van der Waals surface area contributed by atoms with E-state index in [0.29, 0.717) is 0 Å². The highest BCUT2D eigenvalue weighted by molar-refractivity contribution is 5.91. The number of carbonyl (C=O) groups excluding carboxylic acids is 3. The van der Waals surface area contributed by atoms with Gasteiger partial charge >= 0.3 is 23.9 Å². The molecule has 138 valence electrons. The number of esters is 2. The monoisotopic (exact) mass is 362 g/mol. The van der Waals surface area contributed by atoms with Crippen LogP contribution >= 0.6 is 0 Å².